The van der Waals surface area contributed by atoms with Gasteiger partial charge in [-0.15, -0.1) is 11.3 Å². The Labute approximate surface area is 258 Å². The molecule has 44 heavy (non-hydrogen) atoms. The fourth-order valence-electron chi connectivity index (χ4n) is 3.64. The minimum Gasteiger partial charge on any atom is -0.475 e. The van der Waals surface area contributed by atoms with Gasteiger partial charge in [0.15, 0.2) is 0 Å². The number of anilines is 2. The van der Waals surface area contributed by atoms with Crippen LogP contribution in [0.5, 0.6) is 11.6 Å². The molecule has 4 heterocycles. The van der Waals surface area contributed by atoms with E-state index in [0.717, 1.165) is 20.8 Å². The number of aliphatic carboxylic acids is 1. The highest BCUT2D eigenvalue weighted by molar-refractivity contribution is 7.19. The molecule has 0 spiro atoms. The zero-order valence-electron chi connectivity index (χ0n) is 23.1. The molecule has 1 aliphatic heterocycles. The average molecular weight is 649 g/mol. The van der Waals surface area contributed by atoms with Gasteiger partial charge in [-0.3, -0.25) is 5.32 Å². The van der Waals surface area contributed by atoms with Crippen molar-refractivity contribution in [2.45, 2.75) is 24.7 Å². The molecule has 3 aromatic heterocycles. The summed E-state index contributed by atoms with van der Waals surface area (Å²) in [5.41, 5.74) is 0.755. The van der Waals surface area contributed by atoms with Crippen LogP contribution in [0, 0.1) is 11.8 Å². The van der Waals surface area contributed by atoms with Crippen LogP contribution in [-0.4, -0.2) is 76.0 Å². The number of carbonyl (C=O) groups is 2. The van der Waals surface area contributed by atoms with E-state index in [9.17, 15) is 18.0 Å². The minimum absolute atomic E-state index is 0.0529. The molecule has 230 valence electrons. The van der Waals surface area contributed by atoms with Crippen LogP contribution >= 0.6 is 22.9 Å². The van der Waals surface area contributed by atoms with E-state index in [0.29, 0.717) is 35.4 Å². The van der Waals surface area contributed by atoms with E-state index in [4.69, 9.17) is 31.0 Å². The van der Waals surface area contributed by atoms with Crippen LogP contribution < -0.4 is 15.4 Å². The Hall–Kier alpha value is -4.65. The molecule has 1 aliphatic rings. The summed E-state index contributed by atoms with van der Waals surface area (Å²) in [6, 6.07) is 12.7. The van der Waals surface area contributed by atoms with Crippen LogP contribution in [0.3, 0.4) is 0 Å². The van der Waals surface area contributed by atoms with Gasteiger partial charge in [-0.05, 0) is 30.3 Å². The van der Waals surface area contributed by atoms with Gasteiger partial charge in [0.25, 0.3) is 0 Å². The Kier molecular flexibility index (Phi) is 10.4. The zero-order chi connectivity index (χ0) is 31.9. The quantitative estimate of drug-likeness (QED) is 0.231. The van der Waals surface area contributed by atoms with E-state index >= 15 is 0 Å². The summed E-state index contributed by atoms with van der Waals surface area (Å²) in [4.78, 5) is 36.7. The second-order valence-electron chi connectivity index (χ2n) is 9.26. The van der Waals surface area contributed by atoms with Crippen LogP contribution in [-0.2, 0) is 9.53 Å². The smallest absolute Gasteiger partial charge is 0.475 e. The van der Waals surface area contributed by atoms with Crippen LogP contribution in [0.15, 0.2) is 55.0 Å². The molecule has 3 N–H and O–H groups in total. The van der Waals surface area contributed by atoms with Crippen molar-refractivity contribution in [2.24, 2.45) is 0 Å². The van der Waals surface area contributed by atoms with Gasteiger partial charge in [0.2, 0.25) is 5.88 Å². The van der Waals surface area contributed by atoms with E-state index in [1.54, 1.807) is 38.5 Å². The largest absolute Gasteiger partial charge is 0.490 e. The molecule has 1 saturated heterocycles. The summed E-state index contributed by atoms with van der Waals surface area (Å²) in [6.45, 7) is 0.582. The number of nitrogens with zero attached hydrogens (tertiary/aromatic N) is 4. The van der Waals surface area contributed by atoms with Crippen molar-refractivity contribution in [1.29, 1.82) is 0 Å². The summed E-state index contributed by atoms with van der Waals surface area (Å²) < 4.78 is 42.9. The number of alkyl halides is 3. The first-order chi connectivity index (χ1) is 20.9. The second-order valence-corrected chi connectivity index (χ2v) is 10.7. The van der Waals surface area contributed by atoms with E-state index in [1.165, 1.54) is 22.6 Å². The number of hydrogen-bond acceptors (Lipinski definition) is 10. The molecule has 16 heteroatoms. The number of thiophene rings is 1. The number of fused-ring (bicyclic) bond motifs is 1. The van der Waals surface area contributed by atoms with E-state index < -0.39 is 12.1 Å². The number of hydrogen-bond donors (Lipinski definition) is 3. The van der Waals surface area contributed by atoms with E-state index in [-0.39, 0.29) is 18.2 Å². The molecular weight excluding hydrogens is 625 g/mol. The number of carbonyl (C=O) groups excluding carboxylic acids is 1. The molecule has 0 bridgehead atoms. The van der Waals surface area contributed by atoms with Crippen molar-refractivity contribution in [1.82, 2.24) is 25.2 Å². The van der Waals surface area contributed by atoms with Crippen molar-refractivity contribution in [3.05, 3.63) is 64.9 Å². The van der Waals surface area contributed by atoms with Gasteiger partial charge in [-0.25, -0.2) is 24.5 Å². The number of carboxylic acids is 1. The number of ether oxygens (including phenoxy) is 2. The molecule has 0 radical (unpaired) electrons. The standard InChI is InChI=1S/C26H23ClN6O3S.C2HF3O2/c1-33(2)26(34)35-18-11-16(29-14-18)6-8-19-13-20-24(30-15-31-25(20)37-19)32-17-7-9-22(21(27)12-17)36-23-5-3-4-10-28-23;3-2(4,5)1(6)7/h3-5,7,9-10,12-13,15-16,18,29H,11,14H2,1-2H3,(H,30,31,32);(H,6,7)/t16-,18+;/m1./s1. The molecule has 0 unspecified atom stereocenters. The Balaban J connectivity index is 0.000000566. The Morgan fingerprint density at radius 3 is 2.61 bits per heavy atom. The lowest BCUT2D eigenvalue weighted by Gasteiger charge is -2.15. The minimum atomic E-state index is -5.08. The van der Waals surface area contributed by atoms with Crippen LogP contribution in [0.4, 0.5) is 29.5 Å². The third-order valence-electron chi connectivity index (χ3n) is 5.71. The third kappa shape index (κ3) is 8.93. The van der Waals surface area contributed by atoms with Crippen molar-refractivity contribution >= 4 is 56.7 Å². The first kappa shape index (κ1) is 32.3. The fraction of sp³-hybridized carbons (Fsp3) is 0.250. The summed E-state index contributed by atoms with van der Waals surface area (Å²) in [5, 5.41) is 15.0. The van der Waals surface area contributed by atoms with Crippen LogP contribution in [0.1, 0.15) is 11.3 Å². The number of benzene rings is 1. The highest BCUT2D eigenvalue weighted by Crippen LogP contribution is 2.34. The zero-order valence-corrected chi connectivity index (χ0v) is 24.6. The topological polar surface area (TPSA) is 139 Å². The highest BCUT2D eigenvalue weighted by Gasteiger charge is 2.38. The van der Waals surface area contributed by atoms with Crippen molar-refractivity contribution in [2.75, 3.05) is 26.0 Å². The summed E-state index contributed by atoms with van der Waals surface area (Å²) in [5.74, 6) is 5.32. The van der Waals surface area contributed by atoms with E-state index in [2.05, 4.69) is 37.4 Å². The number of nitrogens with one attached hydrogen (secondary N) is 2. The fourth-order valence-corrected chi connectivity index (χ4v) is 4.72. The molecule has 4 aromatic rings. The van der Waals surface area contributed by atoms with Crippen LogP contribution in [0.25, 0.3) is 10.2 Å². The summed E-state index contributed by atoms with van der Waals surface area (Å²) in [6.07, 6.45) is -1.81. The summed E-state index contributed by atoms with van der Waals surface area (Å²) >= 11 is 7.94. The number of pyridine rings is 1. The lowest BCUT2D eigenvalue weighted by molar-refractivity contribution is -0.192. The van der Waals surface area contributed by atoms with Gasteiger partial charge in [0.05, 0.1) is 21.3 Å². The van der Waals surface area contributed by atoms with Gasteiger partial charge < -0.3 is 24.8 Å². The maximum absolute atomic E-state index is 11.8. The second kappa shape index (κ2) is 14.2. The maximum Gasteiger partial charge on any atom is 0.490 e. The number of halogens is 4. The molecule has 0 saturated carbocycles. The monoisotopic (exact) mass is 648 g/mol. The maximum atomic E-state index is 11.8. The average Bonchev–Trinajstić information content (AvgIpc) is 3.61. The molecular formula is C28H24ClF3N6O5S. The predicted octanol–water partition coefficient (Wildman–Crippen LogP) is 5.69. The number of rotatable bonds is 5. The van der Waals surface area contributed by atoms with Crippen molar-refractivity contribution < 1.29 is 37.3 Å². The Bertz CT molecular complexity index is 1690. The molecule has 5 rings (SSSR count). The Morgan fingerprint density at radius 1 is 1.18 bits per heavy atom. The number of aromatic nitrogens is 3. The SMILES string of the molecule is CN(C)C(=O)O[C@@H]1CN[C@H](C#Cc2cc3c(Nc4ccc(Oc5ccccn5)c(Cl)c4)ncnc3s2)C1.O=C(O)C(F)(F)F. The first-order valence-corrected chi connectivity index (χ1v) is 13.9. The normalized spacial score (nSPS) is 15.8. The van der Waals surface area contributed by atoms with Gasteiger partial charge in [-0.2, -0.15) is 13.2 Å². The highest BCUT2D eigenvalue weighted by atomic mass is 35.5. The lowest BCUT2D eigenvalue weighted by Crippen LogP contribution is -2.29. The molecule has 2 atom stereocenters. The number of amides is 1. The van der Waals surface area contributed by atoms with Crippen molar-refractivity contribution in [3.63, 3.8) is 0 Å². The first-order valence-electron chi connectivity index (χ1n) is 12.7. The molecule has 0 aliphatic carbocycles. The van der Waals surface area contributed by atoms with Gasteiger partial charge in [0.1, 0.15) is 28.8 Å². The van der Waals surface area contributed by atoms with Crippen LogP contribution in [0.2, 0.25) is 5.02 Å². The van der Waals surface area contributed by atoms with Gasteiger partial charge >= 0.3 is 18.2 Å². The molecule has 1 amide bonds. The van der Waals surface area contributed by atoms with Gasteiger partial charge in [0, 0.05) is 45.0 Å². The number of carboxylic acid groups (broad SMARTS) is 1. The molecule has 1 fully saturated rings. The Morgan fingerprint density at radius 2 is 1.95 bits per heavy atom. The third-order valence-corrected chi connectivity index (χ3v) is 6.97. The molecule has 11 nitrogen and oxygen atoms in total. The predicted molar refractivity (Wildman–Crippen MR) is 157 cm³/mol. The lowest BCUT2D eigenvalue weighted by atomic mass is 10.2. The molecule has 1 aromatic carbocycles. The van der Waals surface area contributed by atoms with Gasteiger partial charge in [-0.1, -0.05) is 29.5 Å². The van der Waals surface area contributed by atoms with E-state index in [1.807, 2.05) is 24.3 Å². The van der Waals surface area contributed by atoms with Crippen molar-refractivity contribution in [3.8, 4) is 23.5 Å². The summed E-state index contributed by atoms with van der Waals surface area (Å²) in [7, 11) is 3.33.